The van der Waals surface area contributed by atoms with Crippen LogP contribution in [0.2, 0.25) is 0 Å². The number of amides is 1. The molecule has 4 heteroatoms. The Morgan fingerprint density at radius 1 is 0.964 bits per heavy atom. The van der Waals surface area contributed by atoms with Crippen molar-refractivity contribution in [3.63, 3.8) is 0 Å². The average molecular weight is 373 g/mol. The highest BCUT2D eigenvalue weighted by atomic mass is 16.3. The molecule has 0 bridgehead atoms. The summed E-state index contributed by atoms with van der Waals surface area (Å²) in [6, 6.07) is 17.6. The second-order valence-electron chi connectivity index (χ2n) is 6.61. The molecule has 1 amide bonds. The average Bonchev–Trinajstić information content (AvgIpc) is 2.76. The minimum atomic E-state index is -0.500. The van der Waals surface area contributed by atoms with Gasteiger partial charge in [-0.1, -0.05) is 60.7 Å². The van der Waals surface area contributed by atoms with Gasteiger partial charge in [0.1, 0.15) is 6.61 Å². The van der Waals surface area contributed by atoms with E-state index in [1.807, 2.05) is 47.4 Å². The van der Waals surface area contributed by atoms with Crippen LogP contribution < -0.4 is 0 Å². The third kappa shape index (κ3) is 5.38. The molecule has 1 aliphatic rings. The number of hydrogen-bond donors (Lipinski definition) is 1. The third-order valence-corrected chi connectivity index (χ3v) is 4.55. The number of rotatable bonds is 6. The third-order valence-electron chi connectivity index (χ3n) is 4.55. The molecule has 0 atom stereocenters. The Morgan fingerprint density at radius 3 is 2.39 bits per heavy atom. The molecule has 1 heterocycles. The Kier molecular flexibility index (Phi) is 6.71. The number of ketones is 1. The number of benzene rings is 2. The maximum Gasteiger partial charge on any atom is 0.246 e. The molecule has 4 nitrogen and oxygen atoms in total. The van der Waals surface area contributed by atoms with Gasteiger partial charge in [0.05, 0.1) is 0 Å². The molecule has 0 spiro atoms. The second kappa shape index (κ2) is 9.62. The van der Waals surface area contributed by atoms with Crippen LogP contribution in [0.4, 0.5) is 0 Å². The SMILES string of the molecule is O=C(/C=C/c1cccc(/C=C/C(=O)N2CCC=C(c3ccccc3)C2)c1)CO. The van der Waals surface area contributed by atoms with Crippen molar-refractivity contribution in [2.45, 2.75) is 6.42 Å². The van der Waals surface area contributed by atoms with Crippen molar-refractivity contribution in [2.24, 2.45) is 0 Å². The van der Waals surface area contributed by atoms with Crippen LogP contribution in [0.3, 0.4) is 0 Å². The van der Waals surface area contributed by atoms with Gasteiger partial charge in [-0.05, 0) is 46.9 Å². The summed E-state index contributed by atoms with van der Waals surface area (Å²) in [7, 11) is 0. The van der Waals surface area contributed by atoms with E-state index in [4.69, 9.17) is 5.11 Å². The van der Waals surface area contributed by atoms with Crippen LogP contribution in [0, 0.1) is 0 Å². The summed E-state index contributed by atoms with van der Waals surface area (Å²) in [6.07, 6.45) is 9.43. The van der Waals surface area contributed by atoms with Crippen LogP contribution in [0.25, 0.3) is 17.7 Å². The van der Waals surface area contributed by atoms with Crippen molar-refractivity contribution in [3.05, 3.63) is 89.5 Å². The maximum atomic E-state index is 12.6. The molecule has 2 aromatic carbocycles. The monoisotopic (exact) mass is 373 g/mol. The summed E-state index contributed by atoms with van der Waals surface area (Å²) in [6.45, 7) is 0.824. The van der Waals surface area contributed by atoms with E-state index in [-0.39, 0.29) is 11.7 Å². The summed E-state index contributed by atoms with van der Waals surface area (Å²) < 4.78 is 0. The zero-order valence-electron chi connectivity index (χ0n) is 15.6. The highest BCUT2D eigenvalue weighted by Crippen LogP contribution is 2.21. The van der Waals surface area contributed by atoms with Crippen LogP contribution >= 0.6 is 0 Å². The number of hydrogen-bond acceptors (Lipinski definition) is 3. The Labute approximate surface area is 165 Å². The number of nitrogens with zero attached hydrogens (tertiary/aromatic N) is 1. The lowest BCUT2D eigenvalue weighted by atomic mass is 10.0. The van der Waals surface area contributed by atoms with E-state index >= 15 is 0 Å². The van der Waals surface area contributed by atoms with Gasteiger partial charge in [-0.2, -0.15) is 0 Å². The first-order chi connectivity index (χ1) is 13.7. The zero-order valence-corrected chi connectivity index (χ0v) is 15.6. The van der Waals surface area contributed by atoms with Crippen molar-refractivity contribution < 1.29 is 14.7 Å². The largest absolute Gasteiger partial charge is 0.388 e. The van der Waals surface area contributed by atoms with Gasteiger partial charge >= 0.3 is 0 Å². The summed E-state index contributed by atoms with van der Waals surface area (Å²) >= 11 is 0. The Hall–Kier alpha value is -3.24. The molecule has 142 valence electrons. The molecule has 2 aromatic rings. The Bertz CT molecular complexity index is 926. The van der Waals surface area contributed by atoms with Gasteiger partial charge in [0, 0.05) is 19.2 Å². The molecular formula is C24H23NO3. The minimum Gasteiger partial charge on any atom is -0.388 e. The second-order valence-corrected chi connectivity index (χ2v) is 6.61. The molecular weight excluding hydrogens is 350 g/mol. The van der Waals surface area contributed by atoms with E-state index in [1.165, 1.54) is 11.6 Å². The van der Waals surface area contributed by atoms with Crippen molar-refractivity contribution in [1.82, 2.24) is 4.90 Å². The van der Waals surface area contributed by atoms with Gasteiger partial charge in [-0.15, -0.1) is 0 Å². The number of aliphatic hydroxyl groups excluding tert-OH is 1. The smallest absolute Gasteiger partial charge is 0.246 e. The number of carbonyl (C=O) groups is 2. The van der Waals surface area contributed by atoms with E-state index in [0.29, 0.717) is 13.1 Å². The quantitative estimate of drug-likeness (QED) is 0.788. The lowest BCUT2D eigenvalue weighted by Crippen LogP contribution is -2.34. The predicted molar refractivity (Wildman–Crippen MR) is 112 cm³/mol. The predicted octanol–water partition coefficient (Wildman–Crippen LogP) is 3.59. The molecule has 0 aliphatic carbocycles. The van der Waals surface area contributed by atoms with Crippen LogP contribution in [0.15, 0.2) is 72.8 Å². The van der Waals surface area contributed by atoms with E-state index in [1.54, 1.807) is 18.2 Å². The molecule has 0 aromatic heterocycles. The van der Waals surface area contributed by atoms with Gasteiger partial charge in [0.2, 0.25) is 5.91 Å². The number of aliphatic hydroxyl groups is 1. The minimum absolute atomic E-state index is 0.0158. The van der Waals surface area contributed by atoms with E-state index in [0.717, 1.165) is 23.1 Å². The lowest BCUT2D eigenvalue weighted by molar-refractivity contribution is -0.125. The molecule has 0 radical (unpaired) electrons. The Morgan fingerprint density at radius 2 is 1.68 bits per heavy atom. The zero-order chi connectivity index (χ0) is 19.8. The first-order valence-corrected chi connectivity index (χ1v) is 9.29. The van der Waals surface area contributed by atoms with Crippen molar-refractivity contribution in [1.29, 1.82) is 0 Å². The lowest BCUT2D eigenvalue weighted by Gasteiger charge is -2.26. The highest BCUT2D eigenvalue weighted by Gasteiger charge is 2.17. The van der Waals surface area contributed by atoms with Crippen LogP contribution in [-0.2, 0) is 9.59 Å². The molecule has 1 aliphatic heterocycles. The molecule has 0 saturated heterocycles. The molecule has 0 fully saturated rings. The Balaban J connectivity index is 1.65. The first kappa shape index (κ1) is 19.5. The molecule has 1 N–H and O–H groups in total. The summed E-state index contributed by atoms with van der Waals surface area (Å²) in [4.78, 5) is 25.6. The molecule has 0 unspecified atom stereocenters. The van der Waals surface area contributed by atoms with Crippen LogP contribution in [0.1, 0.15) is 23.1 Å². The summed E-state index contributed by atoms with van der Waals surface area (Å²) in [5.74, 6) is -0.360. The topological polar surface area (TPSA) is 57.6 Å². The highest BCUT2D eigenvalue weighted by molar-refractivity contribution is 5.95. The van der Waals surface area contributed by atoms with Gasteiger partial charge < -0.3 is 10.0 Å². The van der Waals surface area contributed by atoms with Gasteiger partial charge in [0.25, 0.3) is 0 Å². The molecule has 0 saturated carbocycles. The van der Waals surface area contributed by atoms with Crippen LogP contribution in [-0.4, -0.2) is 41.4 Å². The van der Waals surface area contributed by atoms with Gasteiger partial charge in [0.15, 0.2) is 5.78 Å². The standard InChI is InChI=1S/C24H23NO3/c26-18-23(27)13-11-19-6-4-7-20(16-19)12-14-24(28)25-15-5-10-22(17-25)21-8-2-1-3-9-21/h1-4,6-14,16,26H,5,15,17-18H2/b13-11+,14-12+. The van der Waals surface area contributed by atoms with Gasteiger partial charge in [-0.25, -0.2) is 0 Å². The maximum absolute atomic E-state index is 12.6. The van der Waals surface area contributed by atoms with E-state index in [2.05, 4.69) is 18.2 Å². The normalized spacial score (nSPS) is 14.5. The fourth-order valence-electron chi connectivity index (χ4n) is 3.07. The fourth-order valence-corrected chi connectivity index (χ4v) is 3.07. The number of carbonyl (C=O) groups excluding carboxylic acids is 2. The van der Waals surface area contributed by atoms with E-state index in [9.17, 15) is 9.59 Å². The van der Waals surface area contributed by atoms with Crippen molar-refractivity contribution >= 4 is 29.4 Å². The molecule has 3 rings (SSSR count). The van der Waals surface area contributed by atoms with Gasteiger partial charge in [-0.3, -0.25) is 9.59 Å². The first-order valence-electron chi connectivity index (χ1n) is 9.29. The summed E-state index contributed by atoms with van der Waals surface area (Å²) in [5.41, 5.74) is 4.04. The summed E-state index contributed by atoms with van der Waals surface area (Å²) in [5, 5.41) is 8.77. The van der Waals surface area contributed by atoms with Crippen LogP contribution in [0.5, 0.6) is 0 Å². The fraction of sp³-hybridized carbons (Fsp3) is 0.167. The van der Waals surface area contributed by atoms with Crippen molar-refractivity contribution in [3.8, 4) is 0 Å². The molecule has 28 heavy (non-hydrogen) atoms. The van der Waals surface area contributed by atoms with E-state index < -0.39 is 6.61 Å². The van der Waals surface area contributed by atoms with Crippen molar-refractivity contribution in [2.75, 3.05) is 19.7 Å².